The van der Waals surface area contributed by atoms with Gasteiger partial charge in [-0.05, 0) is 43.5 Å². The number of Topliss-reactive ketones (excluding diaryl/α,β-unsaturated/α-hetero) is 1. The van der Waals surface area contributed by atoms with E-state index in [9.17, 15) is 4.79 Å². The van der Waals surface area contributed by atoms with Crippen molar-refractivity contribution in [2.45, 2.75) is 34.2 Å². The van der Waals surface area contributed by atoms with Crippen molar-refractivity contribution in [3.8, 4) is 11.1 Å². The van der Waals surface area contributed by atoms with Gasteiger partial charge in [-0.25, -0.2) is 4.57 Å². The van der Waals surface area contributed by atoms with Crippen LogP contribution >= 0.6 is 0 Å². The highest BCUT2D eigenvalue weighted by atomic mass is 16.1. The van der Waals surface area contributed by atoms with Gasteiger partial charge in [-0.3, -0.25) is 9.79 Å². The Morgan fingerprint density at radius 3 is 2.38 bits per heavy atom. The van der Waals surface area contributed by atoms with Crippen molar-refractivity contribution in [1.29, 1.82) is 0 Å². The van der Waals surface area contributed by atoms with Crippen LogP contribution in [-0.4, -0.2) is 18.0 Å². The van der Waals surface area contributed by atoms with Crippen molar-refractivity contribution >= 4 is 17.6 Å². The normalized spacial score (nSPS) is 11.9. The van der Waals surface area contributed by atoms with Crippen LogP contribution in [0.3, 0.4) is 0 Å². The Balaban J connectivity index is 2.53. The maximum atomic E-state index is 12.0. The minimum Gasteiger partial charge on any atom is -0.293 e. The maximum absolute atomic E-state index is 12.0. The summed E-state index contributed by atoms with van der Waals surface area (Å²) >= 11 is 0. The summed E-state index contributed by atoms with van der Waals surface area (Å²) in [6.45, 7) is 9.17. The molecule has 0 atom stereocenters. The maximum Gasteiger partial charge on any atom is 0.178 e. The van der Waals surface area contributed by atoms with E-state index in [0.717, 1.165) is 28.8 Å². The first-order valence-electron chi connectivity index (χ1n) is 8.42. The van der Waals surface area contributed by atoms with E-state index in [1.807, 2.05) is 32.1 Å². The van der Waals surface area contributed by atoms with Crippen molar-refractivity contribution in [2.24, 2.45) is 4.99 Å². The van der Waals surface area contributed by atoms with Crippen molar-refractivity contribution < 1.29 is 9.36 Å². The smallest absolute Gasteiger partial charge is 0.178 e. The van der Waals surface area contributed by atoms with Crippen LogP contribution in [-0.2, 0) is 11.3 Å². The zero-order valence-corrected chi connectivity index (χ0v) is 14.9. The van der Waals surface area contributed by atoms with E-state index in [2.05, 4.69) is 53.1 Å². The molecular formula is C21H25N2O+. The molecule has 1 aromatic carbocycles. The Bertz CT molecular complexity index is 771. The second-order valence-electron chi connectivity index (χ2n) is 5.60. The zero-order valence-electron chi connectivity index (χ0n) is 14.9. The van der Waals surface area contributed by atoms with E-state index in [0.29, 0.717) is 12.3 Å². The monoisotopic (exact) mass is 321 g/mol. The molecule has 0 radical (unpaired) electrons. The van der Waals surface area contributed by atoms with Crippen molar-refractivity contribution in [3.63, 3.8) is 0 Å². The lowest BCUT2D eigenvalue weighted by Crippen LogP contribution is -2.30. The summed E-state index contributed by atoms with van der Waals surface area (Å²) in [4.78, 5) is 16.4. The number of nitrogens with zero attached hydrogens (tertiary/aromatic N) is 2. The molecule has 0 bridgehead atoms. The third-order valence-electron chi connectivity index (χ3n) is 3.89. The number of rotatable bonds is 6. The van der Waals surface area contributed by atoms with Gasteiger partial charge in [0.1, 0.15) is 12.3 Å². The molecule has 0 unspecified atom stereocenters. The molecule has 0 aliphatic carbocycles. The molecule has 0 spiro atoms. The van der Waals surface area contributed by atoms with Crippen LogP contribution in [0.1, 0.15) is 38.8 Å². The molecule has 0 aliphatic rings. The molecule has 0 amide bonds. The lowest BCUT2D eigenvalue weighted by Gasteiger charge is -2.10. The first-order chi connectivity index (χ1) is 11.6. The fraction of sp³-hybridized carbons (Fsp3) is 0.286. The molecule has 3 heteroatoms. The van der Waals surface area contributed by atoms with E-state index in [-0.39, 0.29) is 5.78 Å². The number of allylic oxidation sites excluding steroid dienone is 1. The average Bonchev–Trinajstić information content (AvgIpc) is 2.60. The lowest BCUT2D eigenvalue weighted by atomic mass is 9.95. The highest BCUT2D eigenvalue weighted by Gasteiger charge is 2.13. The van der Waals surface area contributed by atoms with Gasteiger partial charge >= 0.3 is 0 Å². The van der Waals surface area contributed by atoms with E-state index < -0.39 is 0 Å². The number of hydrogen-bond acceptors (Lipinski definition) is 2. The predicted molar refractivity (Wildman–Crippen MR) is 100 cm³/mol. The summed E-state index contributed by atoms with van der Waals surface area (Å²) in [7, 11) is 0. The van der Waals surface area contributed by atoms with Gasteiger partial charge in [-0.2, -0.15) is 0 Å². The highest BCUT2D eigenvalue weighted by Crippen LogP contribution is 2.24. The average molecular weight is 321 g/mol. The van der Waals surface area contributed by atoms with Crippen molar-refractivity contribution in [3.05, 3.63) is 59.9 Å². The summed E-state index contributed by atoms with van der Waals surface area (Å²) in [5, 5.41) is 0. The van der Waals surface area contributed by atoms with Crippen LogP contribution in [0.4, 0.5) is 0 Å². The largest absolute Gasteiger partial charge is 0.293 e. The highest BCUT2D eigenvalue weighted by molar-refractivity contribution is 6.46. The molecular weight excluding hydrogens is 296 g/mol. The number of hydrogen-bond donors (Lipinski definition) is 0. The third-order valence-corrected chi connectivity index (χ3v) is 3.89. The molecule has 3 nitrogen and oxygen atoms in total. The minimum atomic E-state index is -0.000878. The molecule has 2 aromatic rings. The van der Waals surface area contributed by atoms with E-state index in [1.54, 1.807) is 6.92 Å². The summed E-state index contributed by atoms with van der Waals surface area (Å²) in [6, 6.07) is 10.4. The van der Waals surface area contributed by atoms with Gasteiger partial charge in [0.05, 0.1) is 0 Å². The van der Waals surface area contributed by atoms with Gasteiger partial charge in [0.2, 0.25) is 0 Å². The summed E-state index contributed by atoms with van der Waals surface area (Å²) < 4.78 is 2.13. The Hall–Kier alpha value is -2.55. The summed E-state index contributed by atoms with van der Waals surface area (Å²) in [5.74, 6) is -0.000878. The van der Waals surface area contributed by atoms with Gasteiger partial charge in [-0.1, -0.05) is 24.3 Å². The number of pyridine rings is 1. The number of aromatic nitrogens is 1. The Morgan fingerprint density at radius 2 is 1.83 bits per heavy atom. The lowest BCUT2D eigenvalue weighted by molar-refractivity contribution is -0.693. The number of carbonyl (C=O) groups excluding carboxylic acids is 1. The van der Waals surface area contributed by atoms with Crippen molar-refractivity contribution in [1.82, 2.24) is 0 Å². The van der Waals surface area contributed by atoms with Gasteiger partial charge in [0, 0.05) is 31.2 Å². The molecule has 0 fully saturated rings. The zero-order chi connectivity index (χ0) is 17.5. The van der Waals surface area contributed by atoms with Crippen LogP contribution in [0, 0.1) is 0 Å². The predicted octanol–water partition coefficient (Wildman–Crippen LogP) is 4.09. The van der Waals surface area contributed by atoms with Gasteiger partial charge in [0.25, 0.3) is 0 Å². The molecule has 2 rings (SSSR count). The molecule has 1 heterocycles. The number of aryl methyl sites for hydroxylation is 1. The Labute approximate surface area is 144 Å². The van der Waals surface area contributed by atoms with Gasteiger partial charge in [0.15, 0.2) is 18.2 Å². The van der Waals surface area contributed by atoms with Crippen LogP contribution in [0.25, 0.3) is 17.2 Å². The van der Waals surface area contributed by atoms with Gasteiger partial charge in [-0.15, -0.1) is 0 Å². The van der Waals surface area contributed by atoms with E-state index in [1.165, 1.54) is 0 Å². The number of carbonyl (C=O) groups is 1. The molecule has 0 saturated heterocycles. The third kappa shape index (κ3) is 4.05. The fourth-order valence-electron chi connectivity index (χ4n) is 2.68. The molecule has 0 aliphatic heterocycles. The molecule has 0 saturated carbocycles. The SMILES string of the molecule is C/C=C\c1cc(-c2cc[n+](CC)cc2)ccc1C(=NCC)C(C)=O. The standard InChI is InChI=1S/C21H25N2O/c1-5-8-19-15-18(17-11-13-23(7-3)14-12-17)9-10-20(19)21(16(4)24)22-6-2/h5,8-15H,6-7H2,1-4H3/q+1/b8-5-,22-21?. The molecule has 24 heavy (non-hydrogen) atoms. The Kier molecular flexibility index (Phi) is 6.19. The van der Waals surface area contributed by atoms with E-state index >= 15 is 0 Å². The fourth-order valence-corrected chi connectivity index (χ4v) is 2.68. The number of aliphatic imine (C=N–C) groups is 1. The first kappa shape index (κ1) is 17.8. The summed E-state index contributed by atoms with van der Waals surface area (Å²) in [5.41, 5.74) is 4.76. The van der Waals surface area contributed by atoms with Crippen LogP contribution in [0.2, 0.25) is 0 Å². The van der Waals surface area contributed by atoms with Crippen molar-refractivity contribution in [2.75, 3.05) is 6.54 Å². The second-order valence-corrected chi connectivity index (χ2v) is 5.60. The molecule has 0 N–H and O–H groups in total. The number of ketones is 1. The first-order valence-corrected chi connectivity index (χ1v) is 8.42. The molecule has 124 valence electrons. The number of benzene rings is 1. The Morgan fingerprint density at radius 1 is 1.12 bits per heavy atom. The van der Waals surface area contributed by atoms with Crippen LogP contribution in [0.15, 0.2) is 53.8 Å². The summed E-state index contributed by atoms with van der Waals surface area (Å²) in [6.07, 6.45) is 8.18. The topological polar surface area (TPSA) is 33.3 Å². The van der Waals surface area contributed by atoms with Crippen LogP contribution < -0.4 is 4.57 Å². The quantitative estimate of drug-likeness (QED) is 0.582. The second kappa shape index (κ2) is 8.34. The minimum absolute atomic E-state index is 0.000878. The van der Waals surface area contributed by atoms with E-state index in [4.69, 9.17) is 0 Å². The van der Waals surface area contributed by atoms with Gasteiger partial charge < -0.3 is 0 Å². The van der Waals surface area contributed by atoms with Crippen LogP contribution in [0.5, 0.6) is 0 Å². The molecule has 1 aromatic heterocycles.